The van der Waals surface area contributed by atoms with Gasteiger partial charge in [-0.25, -0.2) is 0 Å². The summed E-state index contributed by atoms with van der Waals surface area (Å²) < 4.78 is 2.33. The molecule has 1 aromatic heterocycles. The van der Waals surface area contributed by atoms with E-state index in [0.717, 1.165) is 36.6 Å². The molecule has 4 fully saturated rings. The van der Waals surface area contributed by atoms with Crippen LogP contribution in [0, 0.1) is 29.6 Å². The lowest BCUT2D eigenvalue weighted by atomic mass is 9.54. The summed E-state index contributed by atoms with van der Waals surface area (Å²) in [5, 5.41) is 4.73. The molecule has 2 N–H and O–H groups in total. The highest BCUT2D eigenvalue weighted by molar-refractivity contribution is 5.08. The molecular weight excluding hydrogens is 246 g/mol. The largest absolute Gasteiger partial charge is 0.330 e. The molecule has 3 heteroatoms. The van der Waals surface area contributed by atoms with Crippen molar-refractivity contribution < 1.29 is 0 Å². The zero-order valence-electron chi connectivity index (χ0n) is 12.5. The van der Waals surface area contributed by atoms with E-state index in [2.05, 4.69) is 24.0 Å². The lowest BCUT2D eigenvalue weighted by Crippen LogP contribution is -2.46. The zero-order chi connectivity index (χ0) is 13.7. The Labute approximate surface area is 121 Å². The van der Waals surface area contributed by atoms with Gasteiger partial charge in [-0.15, -0.1) is 0 Å². The Hall–Kier alpha value is -0.830. The highest BCUT2D eigenvalue weighted by Crippen LogP contribution is 2.58. The molecule has 4 aliphatic carbocycles. The van der Waals surface area contributed by atoms with E-state index in [-0.39, 0.29) is 0 Å². The summed E-state index contributed by atoms with van der Waals surface area (Å²) in [6.07, 6.45) is 12.9. The maximum Gasteiger partial charge on any atom is 0.0576 e. The SMILES string of the molecule is CC(CN)Cc1cnn(C2C3CC4CC(C3)CC2C4)c1. The predicted molar refractivity (Wildman–Crippen MR) is 80.2 cm³/mol. The van der Waals surface area contributed by atoms with Crippen molar-refractivity contribution in [2.24, 2.45) is 35.3 Å². The third-order valence-electron chi connectivity index (χ3n) is 6.12. The highest BCUT2D eigenvalue weighted by atomic mass is 15.3. The third kappa shape index (κ3) is 2.11. The van der Waals surface area contributed by atoms with E-state index in [0.29, 0.717) is 12.0 Å². The van der Waals surface area contributed by atoms with Gasteiger partial charge in [-0.05, 0) is 80.2 Å². The highest BCUT2D eigenvalue weighted by Gasteiger charge is 2.49. The Morgan fingerprint density at radius 1 is 1.20 bits per heavy atom. The van der Waals surface area contributed by atoms with E-state index in [1.54, 1.807) is 0 Å². The normalized spacial score (nSPS) is 40.2. The molecule has 0 radical (unpaired) electrons. The van der Waals surface area contributed by atoms with Crippen molar-refractivity contribution in [2.75, 3.05) is 6.54 Å². The number of nitrogens with two attached hydrogens (primary N) is 1. The molecule has 4 bridgehead atoms. The first-order chi connectivity index (χ1) is 9.72. The second-order valence-electron chi connectivity index (χ2n) is 7.79. The van der Waals surface area contributed by atoms with Gasteiger partial charge in [-0.3, -0.25) is 4.68 Å². The minimum Gasteiger partial charge on any atom is -0.330 e. The summed E-state index contributed by atoms with van der Waals surface area (Å²) in [6, 6.07) is 0.699. The van der Waals surface area contributed by atoms with Gasteiger partial charge < -0.3 is 5.73 Å². The van der Waals surface area contributed by atoms with Crippen molar-refractivity contribution in [1.29, 1.82) is 0 Å². The number of hydrogen-bond donors (Lipinski definition) is 1. The molecule has 0 aromatic carbocycles. The van der Waals surface area contributed by atoms with E-state index < -0.39 is 0 Å². The van der Waals surface area contributed by atoms with Crippen LogP contribution >= 0.6 is 0 Å². The molecule has 4 saturated carbocycles. The maximum absolute atomic E-state index is 5.74. The fourth-order valence-electron chi connectivity index (χ4n) is 5.46. The molecule has 0 amide bonds. The van der Waals surface area contributed by atoms with E-state index in [1.165, 1.54) is 37.7 Å². The van der Waals surface area contributed by atoms with Crippen LogP contribution in [0.1, 0.15) is 50.6 Å². The van der Waals surface area contributed by atoms with Crippen molar-refractivity contribution >= 4 is 0 Å². The van der Waals surface area contributed by atoms with Crippen LogP contribution in [-0.4, -0.2) is 16.3 Å². The topological polar surface area (TPSA) is 43.8 Å². The number of hydrogen-bond acceptors (Lipinski definition) is 2. The smallest absolute Gasteiger partial charge is 0.0576 e. The monoisotopic (exact) mass is 273 g/mol. The average molecular weight is 273 g/mol. The molecule has 4 aliphatic rings. The lowest BCUT2D eigenvalue weighted by Gasteiger charge is -2.54. The predicted octanol–water partition coefficient (Wildman–Crippen LogP) is 3.02. The Morgan fingerprint density at radius 3 is 2.45 bits per heavy atom. The van der Waals surface area contributed by atoms with Crippen LogP contribution in [0.2, 0.25) is 0 Å². The van der Waals surface area contributed by atoms with Crippen molar-refractivity contribution in [2.45, 2.75) is 51.5 Å². The van der Waals surface area contributed by atoms with Crippen molar-refractivity contribution in [3.63, 3.8) is 0 Å². The van der Waals surface area contributed by atoms with Crippen molar-refractivity contribution in [1.82, 2.24) is 9.78 Å². The first kappa shape index (κ1) is 12.9. The molecule has 5 rings (SSSR count). The third-order valence-corrected chi connectivity index (χ3v) is 6.12. The lowest BCUT2D eigenvalue weighted by molar-refractivity contribution is -0.0336. The van der Waals surface area contributed by atoms with Crippen LogP contribution in [0.4, 0.5) is 0 Å². The fourth-order valence-corrected chi connectivity index (χ4v) is 5.46. The molecule has 0 aliphatic heterocycles. The standard InChI is InChI=1S/C17H27N3/c1-11(8-18)2-14-9-19-20(10-14)17-15-4-12-3-13(6-15)7-16(17)5-12/h9-13,15-17H,2-8,18H2,1H3. The fraction of sp³-hybridized carbons (Fsp3) is 0.824. The molecule has 20 heavy (non-hydrogen) atoms. The Kier molecular flexibility index (Phi) is 3.13. The van der Waals surface area contributed by atoms with Gasteiger partial charge in [0.2, 0.25) is 0 Å². The Bertz CT molecular complexity index is 450. The molecule has 0 saturated heterocycles. The van der Waals surface area contributed by atoms with Crippen LogP contribution in [0.3, 0.4) is 0 Å². The molecule has 110 valence electrons. The van der Waals surface area contributed by atoms with Crippen LogP contribution < -0.4 is 5.73 Å². The minimum atomic E-state index is 0.561. The number of nitrogens with zero attached hydrogens (tertiary/aromatic N) is 2. The van der Waals surface area contributed by atoms with Crippen LogP contribution in [0.25, 0.3) is 0 Å². The summed E-state index contributed by atoms with van der Waals surface area (Å²) in [6.45, 7) is 2.99. The molecular formula is C17H27N3. The number of aromatic nitrogens is 2. The molecule has 0 spiro atoms. The van der Waals surface area contributed by atoms with Gasteiger partial charge >= 0.3 is 0 Å². The second-order valence-corrected chi connectivity index (χ2v) is 7.79. The summed E-state index contributed by atoms with van der Waals surface area (Å²) in [4.78, 5) is 0. The van der Waals surface area contributed by atoms with Gasteiger partial charge in [0.25, 0.3) is 0 Å². The van der Waals surface area contributed by atoms with Crippen LogP contribution in [0.15, 0.2) is 12.4 Å². The van der Waals surface area contributed by atoms with Gasteiger partial charge in [-0.1, -0.05) is 6.92 Å². The van der Waals surface area contributed by atoms with E-state index in [9.17, 15) is 0 Å². The van der Waals surface area contributed by atoms with Gasteiger partial charge in [0.05, 0.1) is 12.2 Å². The molecule has 1 atom stereocenters. The molecule has 1 heterocycles. The van der Waals surface area contributed by atoms with Crippen molar-refractivity contribution in [3.8, 4) is 0 Å². The average Bonchev–Trinajstić information content (AvgIpc) is 2.85. The van der Waals surface area contributed by atoms with E-state index >= 15 is 0 Å². The van der Waals surface area contributed by atoms with E-state index in [4.69, 9.17) is 10.8 Å². The van der Waals surface area contributed by atoms with Crippen molar-refractivity contribution in [3.05, 3.63) is 18.0 Å². The summed E-state index contributed by atoms with van der Waals surface area (Å²) in [7, 11) is 0. The van der Waals surface area contributed by atoms with E-state index in [1.807, 2.05) is 0 Å². The first-order valence-electron chi connectivity index (χ1n) is 8.46. The first-order valence-corrected chi connectivity index (χ1v) is 8.46. The van der Waals surface area contributed by atoms with Crippen LogP contribution in [-0.2, 0) is 6.42 Å². The van der Waals surface area contributed by atoms with Gasteiger partial charge in [0, 0.05) is 6.20 Å². The maximum atomic E-state index is 5.74. The molecule has 1 aromatic rings. The minimum absolute atomic E-state index is 0.561. The summed E-state index contributed by atoms with van der Waals surface area (Å²) in [5.41, 5.74) is 7.11. The van der Waals surface area contributed by atoms with Crippen LogP contribution in [0.5, 0.6) is 0 Å². The summed E-state index contributed by atoms with van der Waals surface area (Å²) in [5.74, 6) is 4.46. The summed E-state index contributed by atoms with van der Waals surface area (Å²) >= 11 is 0. The number of rotatable bonds is 4. The van der Waals surface area contributed by atoms with Gasteiger partial charge in [-0.2, -0.15) is 5.10 Å². The van der Waals surface area contributed by atoms with Gasteiger partial charge in [0.15, 0.2) is 0 Å². The second kappa shape index (κ2) is 4.87. The molecule has 3 nitrogen and oxygen atoms in total. The zero-order valence-corrected chi connectivity index (χ0v) is 12.5. The Balaban J connectivity index is 1.53. The molecule has 1 unspecified atom stereocenters. The Morgan fingerprint density at radius 2 is 1.85 bits per heavy atom. The quantitative estimate of drug-likeness (QED) is 0.916. The van der Waals surface area contributed by atoms with Gasteiger partial charge in [0.1, 0.15) is 0 Å².